The third-order valence-electron chi connectivity index (χ3n) is 3.96. The standard InChI is InChI=1S/C17H16F3N3O/c1-21-14(24)8-12-9-22-16(23-15(12)10-2-3-10)11-4-6-13(7-5-11)17(18,19)20/h4-7,9-10H,2-3,8H2,1H3,(H,21,24). The lowest BCUT2D eigenvalue weighted by molar-refractivity contribution is -0.137. The molecule has 1 aromatic carbocycles. The first-order valence-corrected chi connectivity index (χ1v) is 7.62. The zero-order chi connectivity index (χ0) is 17.3. The van der Waals surface area contributed by atoms with Gasteiger partial charge in [0.15, 0.2) is 5.82 Å². The Hall–Kier alpha value is -2.44. The number of amides is 1. The van der Waals surface area contributed by atoms with Crippen LogP contribution in [0.15, 0.2) is 30.5 Å². The van der Waals surface area contributed by atoms with Crippen LogP contribution in [-0.4, -0.2) is 22.9 Å². The fraction of sp³-hybridized carbons (Fsp3) is 0.353. The summed E-state index contributed by atoms with van der Waals surface area (Å²) in [4.78, 5) is 20.3. The average molecular weight is 335 g/mol. The van der Waals surface area contributed by atoms with Gasteiger partial charge in [-0.25, -0.2) is 9.97 Å². The molecular formula is C17H16F3N3O. The summed E-state index contributed by atoms with van der Waals surface area (Å²) in [7, 11) is 1.57. The van der Waals surface area contributed by atoms with Gasteiger partial charge in [0.05, 0.1) is 17.7 Å². The number of halogens is 3. The van der Waals surface area contributed by atoms with Gasteiger partial charge in [0, 0.05) is 30.3 Å². The second kappa shape index (κ2) is 6.22. The number of aromatic nitrogens is 2. The molecule has 0 radical (unpaired) electrons. The highest BCUT2D eigenvalue weighted by Crippen LogP contribution is 2.41. The Bertz CT molecular complexity index is 753. The van der Waals surface area contributed by atoms with Crippen molar-refractivity contribution < 1.29 is 18.0 Å². The molecule has 126 valence electrons. The Morgan fingerprint density at radius 3 is 2.46 bits per heavy atom. The Kier molecular flexibility index (Phi) is 4.26. The fourth-order valence-electron chi connectivity index (χ4n) is 2.48. The molecular weight excluding hydrogens is 319 g/mol. The molecule has 0 aliphatic heterocycles. The first-order chi connectivity index (χ1) is 11.4. The summed E-state index contributed by atoms with van der Waals surface area (Å²) in [5.74, 6) is 0.565. The highest BCUT2D eigenvalue weighted by atomic mass is 19.4. The summed E-state index contributed by atoms with van der Waals surface area (Å²) in [6.45, 7) is 0. The van der Waals surface area contributed by atoms with E-state index in [1.165, 1.54) is 12.1 Å². The van der Waals surface area contributed by atoms with Gasteiger partial charge in [-0.05, 0) is 25.0 Å². The smallest absolute Gasteiger partial charge is 0.359 e. The monoisotopic (exact) mass is 335 g/mol. The molecule has 1 aliphatic carbocycles. The molecule has 1 saturated carbocycles. The fourth-order valence-corrected chi connectivity index (χ4v) is 2.48. The normalized spacial score (nSPS) is 14.5. The van der Waals surface area contributed by atoms with Crippen molar-refractivity contribution in [2.45, 2.75) is 31.4 Å². The summed E-state index contributed by atoms with van der Waals surface area (Å²) in [6, 6.07) is 4.78. The third kappa shape index (κ3) is 3.55. The highest BCUT2D eigenvalue weighted by molar-refractivity contribution is 5.78. The molecule has 0 bridgehead atoms. The SMILES string of the molecule is CNC(=O)Cc1cnc(-c2ccc(C(F)(F)F)cc2)nc1C1CC1. The second-order valence-corrected chi connectivity index (χ2v) is 5.80. The lowest BCUT2D eigenvalue weighted by Crippen LogP contribution is -2.21. The van der Waals surface area contributed by atoms with E-state index in [-0.39, 0.29) is 12.3 Å². The van der Waals surface area contributed by atoms with Crippen molar-refractivity contribution in [1.29, 1.82) is 0 Å². The van der Waals surface area contributed by atoms with E-state index < -0.39 is 11.7 Å². The van der Waals surface area contributed by atoms with E-state index in [0.29, 0.717) is 17.3 Å². The van der Waals surface area contributed by atoms with Crippen molar-refractivity contribution in [2.75, 3.05) is 7.05 Å². The molecule has 7 heteroatoms. The molecule has 0 unspecified atom stereocenters. The number of rotatable bonds is 4. The van der Waals surface area contributed by atoms with Crippen LogP contribution in [0.5, 0.6) is 0 Å². The highest BCUT2D eigenvalue weighted by Gasteiger charge is 2.31. The zero-order valence-electron chi connectivity index (χ0n) is 13.0. The molecule has 1 aliphatic rings. The van der Waals surface area contributed by atoms with E-state index >= 15 is 0 Å². The molecule has 1 heterocycles. The van der Waals surface area contributed by atoms with Gasteiger partial charge >= 0.3 is 6.18 Å². The van der Waals surface area contributed by atoms with Crippen LogP contribution in [0.25, 0.3) is 11.4 Å². The Labute approximate surface area is 137 Å². The van der Waals surface area contributed by atoms with Crippen LogP contribution in [0.1, 0.15) is 35.6 Å². The molecule has 1 amide bonds. The van der Waals surface area contributed by atoms with Crippen molar-refractivity contribution in [3.8, 4) is 11.4 Å². The summed E-state index contributed by atoms with van der Waals surface area (Å²) in [5.41, 5.74) is 1.41. The first kappa shape index (κ1) is 16.4. The van der Waals surface area contributed by atoms with Crippen LogP contribution >= 0.6 is 0 Å². The number of carbonyl (C=O) groups excluding carboxylic acids is 1. The van der Waals surface area contributed by atoms with Gasteiger partial charge in [-0.3, -0.25) is 4.79 Å². The maximum Gasteiger partial charge on any atom is 0.416 e. The predicted octanol–water partition coefficient (Wildman–Crippen LogP) is 3.33. The summed E-state index contributed by atoms with van der Waals surface area (Å²) < 4.78 is 37.9. The number of carbonyl (C=O) groups is 1. The number of hydrogen-bond donors (Lipinski definition) is 1. The van der Waals surface area contributed by atoms with Crippen molar-refractivity contribution in [1.82, 2.24) is 15.3 Å². The molecule has 1 N–H and O–H groups in total. The summed E-state index contributed by atoms with van der Waals surface area (Å²) >= 11 is 0. The molecule has 24 heavy (non-hydrogen) atoms. The molecule has 0 atom stereocenters. The van der Waals surface area contributed by atoms with Gasteiger partial charge in [-0.15, -0.1) is 0 Å². The number of nitrogens with zero attached hydrogens (tertiary/aromatic N) is 2. The van der Waals surface area contributed by atoms with Crippen molar-refractivity contribution in [2.24, 2.45) is 0 Å². The minimum absolute atomic E-state index is 0.122. The third-order valence-corrected chi connectivity index (χ3v) is 3.96. The topological polar surface area (TPSA) is 54.9 Å². The molecule has 1 aromatic heterocycles. The molecule has 0 spiro atoms. The lowest BCUT2D eigenvalue weighted by Gasteiger charge is -2.10. The van der Waals surface area contributed by atoms with Gasteiger partial charge in [0.1, 0.15) is 0 Å². The minimum Gasteiger partial charge on any atom is -0.359 e. The molecule has 3 rings (SSSR count). The van der Waals surface area contributed by atoms with Crippen molar-refractivity contribution >= 4 is 5.91 Å². The Balaban J connectivity index is 1.91. The maximum atomic E-state index is 12.6. The van der Waals surface area contributed by atoms with Crippen LogP contribution in [0.4, 0.5) is 13.2 Å². The summed E-state index contributed by atoms with van der Waals surface area (Å²) in [6.07, 6.45) is -0.553. The van der Waals surface area contributed by atoms with E-state index in [2.05, 4.69) is 15.3 Å². The number of likely N-dealkylation sites (N-methyl/N-ethyl adjacent to an activating group) is 1. The number of alkyl halides is 3. The first-order valence-electron chi connectivity index (χ1n) is 7.62. The number of benzene rings is 1. The van der Waals surface area contributed by atoms with Crippen molar-refractivity contribution in [3.63, 3.8) is 0 Å². The van der Waals surface area contributed by atoms with E-state index in [4.69, 9.17) is 0 Å². The van der Waals surface area contributed by atoms with Gasteiger partial charge < -0.3 is 5.32 Å². The van der Waals surface area contributed by atoms with E-state index in [9.17, 15) is 18.0 Å². The van der Waals surface area contributed by atoms with E-state index in [0.717, 1.165) is 36.2 Å². The van der Waals surface area contributed by atoms with Crippen LogP contribution in [0.3, 0.4) is 0 Å². The van der Waals surface area contributed by atoms with Crippen molar-refractivity contribution in [3.05, 3.63) is 47.3 Å². The van der Waals surface area contributed by atoms with Gasteiger partial charge in [0.2, 0.25) is 5.91 Å². The quantitative estimate of drug-likeness (QED) is 0.932. The number of nitrogens with one attached hydrogen (secondary N) is 1. The maximum absolute atomic E-state index is 12.6. The largest absolute Gasteiger partial charge is 0.416 e. The Morgan fingerprint density at radius 2 is 1.92 bits per heavy atom. The second-order valence-electron chi connectivity index (χ2n) is 5.80. The van der Waals surface area contributed by atoms with Crippen LogP contribution in [0.2, 0.25) is 0 Å². The van der Waals surface area contributed by atoms with Crippen LogP contribution in [0, 0.1) is 0 Å². The Morgan fingerprint density at radius 1 is 1.25 bits per heavy atom. The van der Waals surface area contributed by atoms with Crippen LogP contribution < -0.4 is 5.32 Å². The summed E-state index contributed by atoms with van der Waals surface area (Å²) in [5, 5.41) is 2.57. The van der Waals surface area contributed by atoms with Gasteiger partial charge in [0.25, 0.3) is 0 Å². The molecule has 2 aromatic rings. The van der Waals surface area contributed by atoms with Gasteiger partial charge in [-0.1, -0.05) is 12.1 Å². The molecule has 4 nitrogen and oxygen atoms in total. The lowest BCUT2D eigenvalue weighted by atomic mass is 10.1. The molecule has 1 fully saturated rings. The van der Waals surface area contributed by atoms with E-state index in [1.807, 2.05) is 0 Å². The van der Waals surface area contributed by atoms with E-state index in [1.54, 1.807) is 13.2 Å². The zero-order valence-corrected chi connectivity index (χ0v) is 13.0. The predicted molar refractivity (Wildman–Crippen MR) is 82.2 cm³/mol. The van der Waals surface area contributed by atoms with Gasteiger partial charge in [-0.2, -0.15) is 13.2 Å². The average Bonchev–Trinajstić information content (AvgIpc) is 3.39. The van der Waals surface area contributed by atoms with Crippen LogP contribution in [-0.2, 0) is 17.4 Å². The minimum atomic E-state index is -4.37. The number of hydrogen-bond acceptors (Lipinski definition) is 3. The molecule has 0 saturated heterocycles.